The number of hydrogen-bond donors (Lipinski definition) is 2. The van der Waals surface area contributed by atoms with E-state index in [0.29, 0.717) is 25.2 Å². The Morgan fingerprint density at radius 2 is 1.75 bits per heavy atom. The molecule has 12 heteroatoms. The summed E-state index contributed by atoms with van der Waals surface area (Å²) in [6, 6.07) is 0.195. The van der Waals surface area contributed by atoms with E-state index in [2.05, 4.69) is 25.2 Å². The molecule has 3 N–H and O–H groups in total. The lowest BCUT2D eigenvalue weighted by molar-refractivity contribution is -0.130. The number of hydrogen-bond acceptors (Lipinski definition) is 8. The Kier molecular flexibility index (Phi) is 8.47. The molecule has 1 aliphatic carbocycles. The van der Waals surface area contributed by atoms with Crippen molar-refractivity contribution in [2.24, 2.45) is 0 Å². The van der Waals surface area contributed by atoms with Gasteiger partial charge < -0.3 is 20.5 Å². The topological polar surface area (TPSA) is 110 Å². The zero-order valence-corrected chi connectivity index (χ0v) is 23.0. The molecule has 220 valence electrons. The average Bonchev–Trinajstić information content (AvgIpc) is 3.20. The zero-order chi connectivity index (χ0) is 27.6. The molecule has 3 aliphatic heterocycles. The van der Waals surface area contributed by atoms with Crippen molar-refractivity contribution in [2.45, 2.75) is 94.3 Å². The van der Waals surface area contributed by atoms with Gasteiger partial charge in [0.05, 0.1) is 43.8 Å². The van der Waals surface area contributed by atoms with Crippen LogP contribution in [0.15, 0.2) is 12.4 Å². The summed E-state index contributed by atoms with van der Waals surface area (Å²) in [5.74, 6) is -1.14. The normalized spacial score (nSPS) is 28.7. The van der Waals surface area contributed by atoms with Crippen LogP contribution in [0, 0.1) is 5.82 Å². The van der Waals surface area contributed by atoms with E-state index in [9.17, 15) is 9.18 Å². The van der Waals surface area contributed by atoms with Crippen LogP contribution in [0.2, 0.25) is 0 Å². The number of aromatic nitrogens is 3. The highest BCUT2D eigenvalue weighted by Crippen LogP contribution is 2.30. The second kappa shape index (κ2) is 12.2. The van der Waals surface area contributed by atoms with Gasteiger partial charge in [-0.2, -0.15) is 0 Å². The van der Waals surface area contributed by atoms with Crippen LogP contribution >= 0.6 is 0 Å². The average molecular weight is 562 g/mol. The number of halogens is 2. The summed E-state index contributed by atoms with van der Waals surface area (Å²) in [6.45, 7) is 4.16. The molecule has 0 radical (unpaired) electrons. The number of amides is 1. The predicted molar refractivity (Wildman–Crippen MR) is 145 cm³/mol. The molecule has 4 fully saturated rings. The number of likely N-dealkylation sites (tertiary alicyclic amines) is 2. The van der Waals surface area contributed by atoms with Crippen LogP contribution in [0.5, 0.6) is 0 Å². The summed E-state index contributed by atoms with van der Waals surface area (Å²) in [7, 11) is 0. The van der Waals surface area contributed by atoms with Gasteiger partial charge in [0.25, 0.3) is 5.91 Å². The molecule has 3 atom stereocenters. The van der Waals surface area contributed by atoms with Gasteiger partial charge in [-0.25, -0.2) is 18.3 Å². The standard InChI is InChI=1S/C28H41F2N7O3/c29-18-12-32-27-24(26(31)34-37(27)13-18)28(38)33-23-15-36(19-6-4-2-1-3-5-7-19)14-22(30)25(23)40-21-8-10-35(11-9-21)20-16-39-17-20/h12-13,19-23,25H,1-11,14-17H2,(H2,31,34)(H,33,38). The van der Waals surface area contributed by atoms with Gasteiger partial charge in [0, 0.05) is 32.2 Å². The van der Waals surface area contributed by atoms with Crippen LogP contribution in [-0.4, -0.2) is 106 Å². The fourth-order valence-corrected chi connectivity index (χ4v) is 6.84. The van der Waals surface area contributed by atoms with Gasteiger partial charge >= 0.3 is 0 Å². The number of carbonyl (C=O) groups excluding carboxylic acids is 1. The number of piperidine rings is 2. The lowest BCUT2D eigenvalue weighted by Gasteiger charge is -2.46. The van der Waals surface area contributed by atoms with Crippen LogP contribution in [0.25, 0.3) is 5.65 Å². The highest BCUT2D eigenvalue weighted by Gasteiger charge is 2.43. The van der Waals surface area contributed by atoms with Gasteiger partial charge in [-0.15, -0.1) is 5.10 Å². The molecule has 4 aliphatic rings. The third kappa shape index (κ3) is 5.95. The molecule has 0 bridgehead atoms. The number of nitrogens with one attached hydrogen (secondary N) is 1. The van der Waals surface area contributed by atoms with Crippen molar-refractivity contribution < 1.29 is 23.0 Å². The molecule has 6 rings (SSSR count). The fourth-order valence-electron chi connectivity index (χ4n) is 6.84. The molecule has 0 aromatic carbocycles. The molecule has 2 aromatic rings. The van der Waals surface area contributed by atoms with E-state index in [4.69, 9.17) is 15.2 Å². The molecule has 0 spiro atoms. The summed E-state index contributed by atoms with van der Waals surface area (Å²) >= 11 is 0. The molecule has 2 aromatic heterocycles. The van der Waals surface area contributed by atoms with Gasteiger partial charge in [0.1, 0.15) is 17.8 Å². The SMILES string of the molecule is Nc1nn2cc(F)cnc2c1C(=O)NC1CN(C2CCCCCCC2)CC(F)C1OC1CCN(C2COC2)CC1. The van der Waals surface area contributed by atoms with E-state index >= 15 is 4.39 Å². The van der Waals surface area contributed by atoms with E-state index in [1.807, 2.05) is 0 Å². The molecule has 1 amide bonds. The van der Waals surface area contributed by atoms with Crippen molar-refractivity contribution in [1.29, 1.82) is 0 Å². The molecule has 3 saturated heterocycles. The van der Waals surface area contributed by atoms with E-state index in [1.165, 1.54) is 19.3 Å². The van der Waals surface area contributed by atoms with Gasteiger partial charge in [0.2, 0.25) is 0 Å². The Bertz CT molecular complexity index is 1160. The number of anilines is 1. The van der Waals surface area contributed by atoms with Crippen molar-refractivity contribution in [2.75, 3.05) is 45.1 Å². The molecule has 3 unspecified atom stereocenters. The third-order valence-corrected chi connectivity index (χ3v) is 9.16. The minimum Gasteiger partial charge on any atom is -0.381 e. The number of nitrogens with two attached hydrogens (primary N) is 1. The quantitative estimate of drug-likeness (QED) is 0.554. The second-order valence-corrected chi connectivity index (χ2v) is 11.9. The maximum absolute atomic E-state index is 16.0. The second-order valence-electron chi connectivity index (χ2n) is 11.9. The maximum atomic E-state index is 16.0. The summed E-state index contributed by atoms with van der Waals surface area (Å²) < 4.78 is 42.7. The molecular formula is C28H41F2N7O3. The number of rotatable bonds is 6. The number of fused-ring (bicyclic) bond motifs is 1. The smallest absolute Gasteiger partial charge is 0.259 e. The molecular weight excluding hydrogens is 520 g/mol. The summed E-state index contributed by atoms with van der Waals surface area (Å²) in [5, 5.41) is 7.10. The van der Waals surface area contributed by atoms with Crippen LogP contribution in [0.1, 0.15) is 68.1 Å². The summed E-state index contributed by atoms with van der Waals surface area (Å²) in [4.78, 5) is 22.3. The number of nitrogens with zero attached hydrogens (tertiary/aromatic N) is 5. The van der Waals surface area contributed by atoms with Crippen molar-refractivity contribution in [3.05, 3.63) is 23.8 Å². The van der Waals surface area contributed by atoms with Crippen molar-refractivity contribution in [3.63, 3.8) is 0 Å². The van der Waals surface area contributed by atoms with Crippen LogP contribution in [0.4, 0.5) is 14.6 Å². The van der Waals surface area contributed by atoms with Gasteiger partial charge in [-0.1, -0.05) is 32.1 Å². The lowest BCUT2D eigenvalue weighted by atomic mass is 9.91. The molecule has 5 heterocycles. The highest BCUT2D eigenvalue weighted by atomic mass is 19.1. The number of nitrogen functional groups attached to an aromatic ring is 1. The Morgan fingerprint density at radius 3 is 2.45 bits per heavy atom. The first-order chi connectivity index (χ1) is 19.5. The largest absolute Gasteiger partial charge is 0.381 e. The maximum Gasteiger partial charge on any atom is 0.259 e. The Balaban J connectivity index is 1.19. The van der Waals surface area contributed by atoms with Crippen molar-refractivity contribution in [3.8, 4) is 0 Å². The van der Waals surface area contributed by atoms with E-state index in [1.54, 1.807) is 0 Å². The summed E-state index contributed by atoms with van der Waals surface area (Å²) in [5.41, 5.74) is 6.29. The zero-order valence-electron chi connectivity index (χ0n) is 23.0. The van der Waals surface area contributed by atoms with Gasteiger partial charge in [0.15, 0.2) is 17.3 Å². The van der Waals surface area contributed by atoms with E-state index in [-0.39, 0.29) is 23.1 Å². The van der Waals surface area contributed by atoms with Crippen LogP contribution in [-0.2, 0) is 9.47 Å². The van der Waals surface area contributed by atoms with Crippen molar-refractivity contribution >= 4 is 17.4 Å². The first-order valence-electron chi connectivity index (χ1n) is 14.9. The van der Waals surface area contributed by atoms with E-state index < -0.39 is 30.0 Å². The fraction of sp³-hybridized carbons (Fsp3) is 0.750. The van der Waals surface area contributed by atoms with Crippen LogP contribution < -0.4 is 11.1 Å². The van der Waals surface area contributed by atoms with Gasteiger partial charge in [-0.05, 0) is 25.7 Å². The minimum atomic E-state index is -1.24. The number of ether oxygens (including phenoxy) is 2. The first kappa shape index (κ1) is 27.7. The lowest BCUT2D eigenvalue weighted by Crippen LogP contribution is -2.63. The Labute approximate surface area is 233 Å². The van der Waals surface area contributed by atoms with Gasteiger partial charge in [-0.3, -0.25) is 14.6 Å². The number of carbonyl (C=O) groups is 1. The van der Waals surface area contributed by atoms with Crippen LogP contribution in [0.3, 0.4) is 0 Å². The minimum absolute atomic E-state index is 0.0510. The first-order valence-corrected chi connectivity index (χ1v) is 14.9. The molecule has 10 nitrogen and oxygen atoms in total. The number of alkyl halides is 1. The monoisotopic (exact) mass is 561 g/mol. The Morgan fingerprint density at radius 1 is 1.02 bits per heavy atom. The Hall–Kier alpha value is -2.41. The molecule has 1 saturated carbocycles. The van der Waals surface area contributed by atoms with Crippen molar-refractivity contribution in [1.82, 2.24) is 29.7 Å². The summed E-state index contributed by atoms with van der Waals surface area (Å²) in [6.07, 6.45) is 9.75. The third-order valence-electron chi connectivity index (χ3n) is 9.16. The van der Waals surface area contributed by atoms with E-state index in [0.717, 1.165) is 81.7 Å². The predicted octanol–water partition coefficient (Wildman–Crippen LogP) is 2.56. The highest BCUT2D eigenvalue weighted by molar-refractivity contribution is 6.04. The molecule has 40 heavy (non-hydrogen) atoms.